The average molecular weight is 750 g/mol. The van der Waals surface area contributed by atoms with E-state index in [0.29, 0.717) is 32.1 Å². The third-order valence-electron chi connectivity index (χ3n) is 11.2. The molecule has 53 heavy (non-hydrogen) atoms. The molecule has 3 aliphatic rings. The molecule has 0 spiro atoms. The van der Waals surface area contributed by atoms with E-state index in [2.05, 4.69) is 19.1 Å². The van der Waals surface area contributed by atoms with Gasteiger partial charge in [0.15, 0.2) is 12.1 Å². The number of amides is 1. The monoisotopic (exact) mass is 749 g/mol. The van der Waals surface area contributed by atoms with Gasteiger partial charge in [0.25, 0.3) is 0 Å². The van der Waals surface area contributed by atoms with Crippen LogP contribution in [0.5, 0.6) is 0 Å². The molecule has 12 heteroatoms. The normalized spacial score (nSPS) is 37.6. The van der Waals surface area contributed by atoms with E-state index in [9.17, 15) is 29.7 Å². The van der Waals surface area contributed by atoms with Crippen molar-refractivity contribution in [3.63, 3.8) is 0 Å². The van der Waals surface area contributed by atoms with E-state index in [4.69, 9.17) is 29.4 Å². The first-order valence-corrected chi connectivity index (χ1v) is 19.6. The van der Waals surface area contributed by atoms with Crippen LogP contribution in [-0.4, -0.2) is 88.0 Å². The number of allylic oxidation sites excluding steroid dienone is 2. The number of aliphatic hydroxyl groups is 3. The Morgan fingerprint density at radius 1 is 1.08 bits per heavy atom. The van der Waals surface area contributed by atoms with Crippen LogP contribution in [0.25, 0.3) is 0 Å². The first-order chi connectivity index (χ1) is 24.8. The third kappa shape index (κ3) is 13.3. The summed E-state index contributed by atoms with van der Waals surface area (Å²) < 4.78 is 30.0. The number of ketones is 1. The van der Waals surface area contributed by atoms with E-state index in [0.717, 1.165) is 17.6 Å². The van der Waals surface area contributed by atoms with Gasteiger partial charge in [-0.05, 0) is 87.7 Å². The molecule has 14 unspecified atom stereocenters. The van der Waals surface area contributed by atoms with Crippen LogP contribution < -0.4 is 5.73 Å². The molecule has 1 saturated heterocycles. The molecule has 1 fully saturated rings. The first-order valence-electron chi connectivity index (χ1n) is 19.6. The summed E-state index contributed by atoms with van der Waals surface area (Å²) in [5.74, 6) is -3.23. The third-order valence-corrected chi connectivity index (χ3v) is 11.2. The number of primary amides is 1. The Morgan fingerprint density at radius 2 is 1.75 bits per heavy atom. The molecular formula is C41H67NO11. The molecule has 5 N–H and O–H groups in total. The second kappa shape index (κ2) is 20.3. The molecule has 12 nitrogen and oxygen atoms in total. The summed E-state index contributed by atoms with van der Waals surface area (Å²) in [5.41, 5.74) is 7.13. The second-order valence-corrected chi connectivity index (χ2v) is 16.1. The molecule has 3 heterocycles. The molecule has 0 radical (unpaired) electrons. The van der Waals surface area contributed by atoms with Crippen LogP contribution in [0.2, 0.25) is 0 Å². The number of fused-ring (bicyclic) bond motifs is 2. The SMILES string of the molecule is CCC(=O)C(C)C(O)C(C)CC(C)C1OC(=O)CC2(O)CC=C(C)C(O2)/C(C)=C/CCCC(OC2CC(OC(N)=O)C(O)C(C)O2)/C=C/C(C)CC1C. The highest BCUT2D eigenvalue weighted by atomic mass is 16.7. The molecule has 0 aromatic carbocycles. The van der Waals surface area contributed by atoms with Crippen LogP contribution >= 0.6 is 0 Å². The highest BCUT2D eigenvalue weighted by Crippen LogP contribution is 2.35. The number of esters is 1. The average Bonchev–Trinajstić information content (AvgIpc) is 3.09. The van der Waals surface area contributed by atoms with Crippen molar-refractivity contribution >= 4 is 17.8 Å². The molecule has 0 aromatic heterocycles. The maximum absolute atomic E-state index is 13.6. The smallest absolute Gasteiger partial charge is 0.404 e. The molecule has 2 bridgehead atoms. The van der Waals surface area contributed by atoms with Gasteiger partial charge in [-0.1, -0.05) is 65.8 Å². The summed E-state index contributed by atoms with van der Waals surface area (Å²) in [4.78, 5) is 37.5. The number of nitrogens with two attached hydrogens (primary N) is 1. The zero-order chi connectivity index (χ0) is 39.6. The fraction of sp³-hybridized carbons (Fsp3) is 0.780. The van der Waals surface area contributed by atoms with Crippen molar-refractivity contribution < 1.29 is 53.4 Å². The van der Waals surface area contributed by atoms with Gasteiger partial charge < -0.3 is 44.7 Å². The number of ether oxygens (including phenoxy) is 5. The summed E-state index contributed by atoms with van der Waals surface area (Å²) in [6.07, 6.45) is 5.26. The largest absolute Gasteiger partial charge is 0.462 e. The Balaban J connectivity index is 1.90. The molecule has 0 aromatic rings. The van der Waals surface area contributed by atoms with Gasteiger partial charge in [-0.25, -0.2) is 4.79 Å². The molecule has 1 amide bonds. The Morgan fingerprint density at radius 3 is 2.42 bits per heavy atom. The maximum Gasteiger partial charge on any atom is 0.404 e. The number of cyclic esters (lactones) is 1. The lowest BCUT2D eigenvalue weighted by atomic mass is 9.79. The van der Waals surface area contributed by atoms with E-state index in [1.807, 2.05) is 46.8 Å². The quantitative estimate of drug-likeness (QED) is 0.151. The van der Waals surface area contributed by atoms with Crippen LogP contribution in [0.15, 0.2) is 35.5 Å². The van der Waals surface area contributed by atoms with Crippen LogP contribution in [0.1, 0.15) is 120 Å². The van der Waals surface area contributed by atoms with Gasteiger partial charge in [0.2, 0.25) is 0 Å². The van der Waals surface area contributed by atoms with Gasteiger partial charge in [0.05, 0.1) is 24.7 Å². The van der Waals surface area contributed by atoms with Gasteiger partial charge in [-0.15, -0.1) is 0 Å². The van der Waals surface area contributed by atoms with E-state index in [-0.39, 0.29) is 54.8 Å². The molecule has 0 saturated carbocycles. The van der Waals surface area contributed by atoms with Gasteiger partial charge in [-0.3, -0.25) is 9.59 Å². The van der Waals surface area contributed by atoms with Crippen molar-refractivity contribution in [2.24, 2.45) is 35.3 Å². The number of Topliss-reactive ketones (excluding diaryl/α,β-unsaturated/α-hetero) is 1. The minimum atomic E-state index is -1.73. The zero-order valence-corrected chi connectivity index (χ0v) is 33.4. The predicted octanol–water partition coefficient (Wildman–Crippen LogP) is 6.04. The zero-order valence-electron chi connectivity index (χ0n) is 33.4. The Kier molecular flexibility index (Phi) is 17.2. The minimum absolute atomic E-state index is 0.00488. The van der Waals surface area contributed by atoms with E-state index < -0.39 is 66.7 Å². The van der Waals surface area contributed by atoms with Crippen LogP contribution in [-0.2, 0) is 33.3 Å². The molecular weight excluding hydrogens is 682 g/mol. The predicted molar refractivity (Wildman–Crippen MR) is 200 cm³/mol. The second-order valence-electron chi connectivity index (χ2n) is 16.1. The highest BCUT2D eigenvalue weighted by molar-refractivity contribution is 5.80. The number of aliphatic hydroxyl groups excluding tert-OH is 2. The number of hydrogen-bond donors (Lipinski definition) is 4. The number of carbonyl (C=O) groups is 3. The fourth-order valence-electron chi connectivity index (χ4n) is 8.07. The number of carbonyl (C=O) groups excluding carboxylic acids is 3. The molecule has 14 atom stereocenters. The Hall–Kier alpha value is -2.61. The fourth-order valence-corrected chi connectivity index (χ4v) is 8.07. The molecule has 0 aliphatic carbocycles. The van der Waals surface area contributed by atoms with Crippen molar-refractivity contribution in [1.82, 2.24) is 0 Å². The van der Waals surface area contributed by atoms with Crippen molar-refractivity contribution in [2.75, 3.05) is 0 Å². The van der Waals surface area contributed by atoms with Crippen molar-refractivity contribution in [3.05, 3.63) is 35.5 Å². The Bertz CT molecular complexity index is 1310. The van der Waals surface area contributed by atoms with Crippen molar-refractivity contribution in [3.8, 4) is 0 Å². The minimum Gasteiger partial charge on any atom is -0.462 e. The van der Waals surface area contributed by atoms with E-state index in [1.165, 1.54) is 0 Å². The topological polar surface area (TPSA) is 184 Å². The molecule has 3 aliphatic heterocycles. The van der Waals surface area contributed by atoms with Gasteiger partial charge >= 0.3 is 12.1 Å². The summed E-state index contributed by atoms with van der Waals surface area (Å²) in [7, 11) is 0. The summed E-state index contributed by atoms with van der Waals surface area (Å²) in [6.45, 7) is 17.2. The summed E-state index contributed by atoms with van der Waals surface area (Å²) in [6, 6.07) is 0. The lowest BCUT2D eigenvalue weighted by Gasteiger charge is -2.38. The van der Waals surface area contributed by atoms with Crippen LogP contribution in [0.3, 0.4) is 0 Å². The lowest BCUT2D eigenvalue weighted by Crippen LogP contribution is -2.50. The maximum atomic E-state index is 13.6. The standard InChI is InChI=1S/C41H67NO11/c1-10-32(43)29(8)36(45)26(5)20-28(7)38-27(6)19-23(2)15-16-31(50-35-21-33(51-40(42)47)37(46)30(9)49-35)14-12-11-13-24(3)39-25(4)17-18-41(48,53-39)22-34(44)52-38/h13,15-17,23,26-31,33,35-39,45-46,48H,10-12,14,18-22H2,1-9H3,(H2,42,47)/b16-15+,24-13+. The summed E-state index contributed by atoms with van der Waals surface area (Å²) >= 11 is 0. The van der Waals surface area contributed by atoms with Gasteiger partial charge in [0.1, 0.15) is 30.2 Å². The van der Waals surface area contributed by atoms with Crippen molar-refractivity contribution in [2.45, 2.75) is 175 Å². The summed E-state index contributed by atoms with van der Waals surface area (Å²) in [5, 5.41) is 33.1. The van der Waals surface area contributed by atoms with E-state index in [1.54, 1.807) is 20.8 Å². The number of rotatable bonds is 10. The van der Waals surface area contributed by atoms with Crippen molar-refractivity contribution in [1.29, 1.82) is 0 Å². The molecule has 3 rings (SSSR count). The Labute approximate surface area is 316 Å². The first kappa shape index (κ1) is 44.8. The van der Waals surface area contributed by atoms with Gasteiger partial charge in [-0.2, -0.15) is 0 Å². The van der Waals surface area contributed by atoms with E-state index >= 15 is 0 Å². The molecule has 302 valence electrons. The lowest BCUT2D eigenvalue weighted by molar-refractivity contribution is -0.254. The van der Waals surface area contributed by atoms with Crippen LogP contribution in [0, 0.1) is 29.6 Å². The number of hydrogen-bond acceptors (Lipinski definition) is 11. The van der Waals surface area contributed by atoms with Gasteiger partial charge in [0, 0.05) is 25.2 Å². The van der Waals surface area contributed by atoms with Crippen LogP contribution in [0.4, 0.5) is 4.79 Å². The highest BCUT2D eigenvalue weighted by Gasteiger charge is 2.41.